The molecule has 2 aliphatic heterocycles. The van der Waals surface area contributed by atoms with E-state index in [9.17, 15) is 18.8 Å². The lowest BCUT2D eigenvalue weighted by atomic mass is 10.1. The van der Waals surface area contributed by atoms with Crippen LogP contribution in [0.5, 0.6) is 0 Å². The molecule has 34 heavy (non-hydrogen) atoms. The quantitative estimate of drug-likeness (QED) is 0.562. The second-order valence-electron chi connectivity index (χ2n) is 8.15. The van der Waals surface area contributed by atoms with E-state index in [1.807, 2.05) is 4.90 Å². The van der Waals surface area contributed by atoms with E-state index in [2.05, 4.69) is 4.90 Å². The van der Waals surface area contributed by atoms with Gasteiger partial charge in [-0.25, -0.2) is 4.39 Å². The van der Waals surface area contributed by atoms with E-state index >= 15 is 0 Å². The summed E-state index contributed by atoms with van der Waals surface area (Å²) in [6.45, 7) is 4.42. The zero-order valence-corrected chi connectivity index (χ0v) is 19.7. The van der Waals surface area contributed by atoms with Gasteiger partial charge in [-0.15, -0.1) is 0 Å². The van der Waals surface area contributed by atoms with Gasteiger partial charge >= 0.3 is 0 Å². The standard InChI is InChI=1S/C25H26FN3O4S/c1-33-13-12-27-8-10-28(11-9-27)23(30)20-6-2-4-18(14-20)16-22-24(31)29(25(32)34-22)17-19-5-3-7-21(26)15-19/h2-7,14-16H,8-13,17H2,1H3. The Bertz CT molecular complexity index is 1110. The molecule has 0 atom stereocenters. The van der Waals surface area contributed by atoms with E-state index < -0.39 is 17.0 Å². The van der Waals surface area contributed by atoms with Crippen molar-refractivity contribution in [1.82, 2.24) is 14.7 Å². The maximum Gasteiger partial charge on any atom is 0.293 e. The molecule has 2 aliphatic rings. The van der Waals surface area contributed by atoms with Crippen molar-refractivity contribution in [1.29, 1.82) is 0 Å². The molecule has 2 saturated heterocycles. The summed E-state index contributed by atoms with van der Waals surface area (Å²) in [6, 6.07) is 12.9. The number of thioether (sulfide) groups is 1. The molecule has 2 fully saturated rings. The molecule has 0 bridgehead atoms. The van der Waals surface area contributed by atoms with E-state index in [1.165, 1.54) is 12.1 Å². The average Bonchev–Trinajstić information content (AvgIpc) is 3.10. The third-order valence-electron chi connectivity index (χ3n) is 5.81. The maximum absolute atomic E-state index is 13.5. The molecule has 0 radical (unpaired) electrons. The third kappa shape index (κ3) is 5.72. The molecule has 9 heteroatoms. The van der Waals surface area contributed by atoms with Crippen molar-refractivity contribution < 1.29 is 23.5 Å². The SMILES string of the molecule is COCCN1CCN(C(=O)c2cccc(C=C3SC(=O)N(Cc4cccc(F)c4)C3=O)c2)CC1. The number of halogens is 1. The zero-order valence-electron chi connectivity index (χ0n) is 18.9. The second-order valence-corrected chi connectivity index (χ2v) is 9.14. The summed E-state index contributed by atoms with van der Waals surface area (Å²) in [5.41, 5.74) is 1.75. The van der Waals surface area contributed by atoms with Crippen LogP contribution in [0, 0.1) is 5.82 Å². The highest BCUT2D eigenvalue weighted by molar-refractivity contribution is 8.18. The molecule has 7 nitrogen and oxygen atoms in total. The van der Waals surface area contributed by atoms with Gasteiger partial charge in [0.05, 0.1) is 18.1 Å². The Labute approximate surface area is 202 Å². The molecule has 2 heterocycles. The van der Waals surface area contributed by atoms with Crippen molar-refractivity contribution in [2.45, 2.75) is 6.54 Å². The largest absolute Gasteiger partial charge is 0.383 e. The third-order valence-corrected chi connectivity index (χ3v) is 6.71. The van der Waals surface area contributed by atoms with E-state index in [0.717, 1.165) is 36.3 Å². The number of rotatable bonds is 7. The van der Waals surface area contributed by atoms with Crippen LogP contribution in [-0.2, 0) is 16.1 Å². The Balaban J connectivity index is 1.42. The minimum atomic E-state index is -0.428. The highest BCUT2D eigenvalue weighted by atomic mass is 32.2. The van der Waals surface area contributed by atoms with Crippen LogP contribution in [-0.4, -0.2) is 78.2 Å². The van der Waals surface area contributed by atoms with Crippen molar-refractivity contribution in [2.75, 3.05) is 46.4 Å². The highest BCUT2D eigenvalue weighted by Gasteiger charge is 2.35. The summed E-state index contributed by atoms with van der Waals surface area (Å²) >= 11 is 0.843. The zero-order chi connectivity index (χ0) is 24.1. The fraction of sp³-hybridized carbons (Fsp3) is 0.320. The van der Waals surface area contributed by atoms with Gasteiger partial charge in [0.1, 0.15) is 5.82 Å². The molecule has 0 aromatic heterocycles. The van der Waals surface area contributed by atoms with Crippen LogP contribution < -0.4 is 0 Å². The number of nitrogens with zero attached hydrogens (tertiary/aromatic N) is 3. The molecular weight excluding hydrogens is 457 g/mol. The van der Waals surface area contributed by atoms with Crippen LogP contribution in [0.25, 0.3) is 6.08 Å². The fourth-order valence-corrected chi connectivity index (χ4v) is 4.78. The van der Waals surface area contributed by atoms with Gasteiger partial charge < -0.3 is 9.64 Å². The summed E-state index contributed by atoms with van der Waals surface area (Å²) in [4.78, 5) is 43.7. The van der Waals surface area contributed by atoms with E-state index in [0.29, 0.717) is 36.4 Å². The van der Waals surface area contributed by atoms with Gasteiger partial charge in [0.15, 0.2) is 0 Å². The molecule has 178 valence electrons. The smallest absolute Gasteiger partial charge is 0.293 e. The molecule has 0 aliphatic carbocycles. The van der Waals surface area contributed by atoms with Crippen LogP contribution >= 0.6 is 11.8 Å². The minimum absolute atomic E-state index is 0.00858. The van der Waals surface area contributed by atoms with Gasteiger partial charge in [0.25, 0.3) is 17.1 Å². The number of benzene rings is 2. The average molecular weight is 484 g/mol. The number of methoxy groups -OCH3 is 1. The number of imide groups is 1. The van der Waals surface area contributed by atoms with E-state index in [-0.39, 0.29) is 17.4 Å². The Morgan fingerprint density at radius 2 is 1.85 bits per heavy atom. The number of hydrogen-bond acceptors (Lipinski definition) is 6. The summed E-state index contributed by atoms with van der Waals surface area (Å²) < 4.78 is 18.6. The maximum atomic E-state index is 13.5. The predicted octanol–water partition coefficient (Wildman–Crippen LogP) is 3.47. The van der Waals surface area contributed by atoms with Crippen LogP contribution in [0.3, 0.4) is 0 Å². The molecule has 0 spiro atoms. The molecule has 4 rings (SSSR count). The molecule has 0 unspecified atom stereocenters. The first-order valence-electron chi connectivity index (χ1n) is 11.0. The second kappa shape index (κ2) is 10.9. The molecule has 3 amide bonds. The van der Waals surface area contributed by atoms with Crippen LogP contribution in [0.2, 0.25) is 0 Å². The number of hydrogen-bond donors (Lipinski definition) is 0. The monoisotopic (exact) mass is 483 g/mol. The first-order chi connectivity index (χ1) is 16.4. The number of piperazine rings is 1. The van der Waals surface area contributed by atoms with Crippen molar-refractivity contribution in [3.05, 3.63) is 75.9 Å². The van der Waals surface area contributed by atoms with Crippen molar-refractivity contribution in [2.24, 2.45) is 0 Å². The summed E-state index contributed by atoms with van der Waals surface area (Å²) in [7, 11) is 1.68. The number of carbonyl (C=O) groups excluding carboxylic acids is 3. The Hall–Kier alpha value is -3.01. The topological polar surface area (TPSA) is 70.2 Å². The van der Waals surface area contributed by atoms with Gasteiger partial charge in [0.2, 0.25) is 0 Å². The van der Waals surface area contributed by atoms with Gasteiger partial charge in [0, 0.05) is 45.4 Å². The first kappa shape index (κ1) is 24.1. The molecule has 2 aromatic rings. The minimum Gasteiger partial charge on any atom is -0.383 e. The summed E-state index contributed by atoms with van der Waals surface area (Å²) in [5, 5.41) is -0.404. The first-order valence-corrected chi connectivity index (χ1v) is 11.9. The van der Waals surface area contributed by atoms with Gasteiger partial charge in [-0.2, -0.15) is 0 Å². The number of carbonyl (C=O) groups is 3. The van der Waals surface area contributed by atoms with Crippen LogP contribution in [0.1, 0.15) is 21.5 Å². The van der Waals surface area contributed by atoms with E-state index in [1.54, 1.807) is 49.6 Å². The highest BCUT2D eigenvalue weighted by Crippen LogP contribution is 2.33. The summed E-state index contributed by atoms with van der Waals surface area (Å²) in [6.07, 6.45) is 1.62. The Morgan fingerprint density at radius 1 is 1.09 bits per heavy atom. The van der Waals surface area contributed by atoms with Gasteiger partial charge in [-0.3, -0.25) is 24.2 Å². The number of amides is 3. The number of ether oxygens (including phenoxy) is 1. The summed E-state index contributed by atoms with van der Waals surface area (Å²) in [5.74, 6) is -0.901. The normalized spacial score (nSPS) is 18.2. The Kier molecular flexibility index (Phi) is 7.77. The van der Waals surface area contributed by atoms with Crippen LogP contribution in [0.15, 0.2) is 53.4 Å². The lowest BCUT2D eigenvalue weighted by Crippen LogP contribution is -2.49. The van der Waals surface area contributed by atoms with Gasteiger partial charge in [-0.05, 0) is 53.2 Å². The molecular formula is C25H26FN3O4S. The fourth-order valence-electron chi connectivity index (χ4n) is 3.94. The molecule has 0 saturated carbocycles. The molecule has 0 N–H and O–H groups in total. The lowest BCUT2D eigenvalue weighted by Gasteiger charge is -2.34. The Morgan fingerprint density at radius 3 is 2.59 bits per heavy atom. The van der Waals surface area contributed by atoms with Crippen LogP contribution in [0.4, 0.5) is 9.18 Å². The van der Waals surface area contributed by atoms with E-state index in [4.69, 9.17) is 4.74 Å². The lowest BCUT2D eigenvalue weighted by molar-refractivity contribution is -0.123. The predicted molar refractivity (Wildman–Crippen MR) is 129 cm³/mol. The van der Waals surface area contributed by atoms with Crippen molar-refractivity contribution in [3.8, 4) is 0 Å². The van der Waals surface area contributed by atoms with Crippen molar-refractivity contribution >= 4 is 34.9 Å². The van der Waals surface area contributed by atoms with Gasteiger partial charge in [-0.1, -0.05) is 24.3 Å². The molecule has 2 aromatic carbocycles. The van der Waals surface area contributed by atoms with Crippen molar-refractivity contribution in [3.63, 3.8) is 0 Å².